The summed E-state index contributed by atoms with van der Waals surface area (Å²) in [5, 5.41) is 9.50. The van der Waals surface area contributed by atoms with Crippen LogP contribution in [0.4, 0.5) is 10.2 Å². The van der Waals surface area contributed by atoms with Gasteiger partial charge in [-0.25, -0.2) is 9.18 Å². The summed E-state index contributed by atoms with van der Waals surface area (Å²) in [6.07, 6.45) is 1.50. The van der Waals surface area contributed by atoms with Crippen molar-refractivity contribution in [3.05, 3.63) is 22.5 Å². The monoisotopic (exact) mass is 271 g/mol. The minimum absolute atomic E-state index is 0.0556. The molecule has 19 heavy (non-hydrogen) atoms. The second kappa shape index (κ2) is 4.90. The van der Waals surface area contributed by atoms with Crippen LogP contribution in [0, 0.1) is 11.7 Å². The summed E-state index contributed by atoms with van der Waals surface area (Å²) in [7, 11) is 0. The van der Waals surface area contributed by atoms with Gasteiger partial charge >= 0.3 is 5.69 Å². The summed E-state index contributed by atoms with van der Waals surface area (Å²) < 4.78 is 20.3. The summed E-state index contributed by atoms with van der Waals surface area (Å²) in [6, 6.07) is 0. The number of nitrogen functional groups attached to an aromatic ring is 1. The molecule has 0 amide bonds. The summed E-state index contributed by atoms with van der Waals surface area (Å²) in [6.45, 7) is 3.70. The molecule has 0 aliphatic carbocycles. The number of anilines is 1. The van der Waals surface area contributed by atoms with Gasteiger partial charge in [-0.15, -0.1) is 0 Å². The molecule has 1 aliphatic heterocycles. The Hall–Kier alpha value is -1.47. The lowest BCUT2D eigenvalue weighted by Crippen LogP contribution is -2.38. The van der Waals surface area contributed by atoms with Crippen molar-refractivity contribution in [1.82, 2.24) is 9.55 Å². The van der Waals surface area contributed by atoms with E-state index in [1.165, 1.54) is 0 Å². The predicted octanol–water partition coefficient (Wildman–Crippen LogP) is 0.661. The maximum Gasteiger partial charge on any atom is 0.351 e. The van der Waals surface area contributed by atoms with Gasteiger partial charge in [0.25, 0.3) is 0 Å². The highest BCUT2D eigenvalue weighted by Gasteiger charge is 2.45. The first kappa shape index (κ1) is 14.0. The van der Waals surface area contributed by atoms with E-state index in [2.05, 4.69) is 4.98 Å². The molecule has 3 atom stereocenters. The molecule has 0 saturated carbocycles. The molecule has 0 bridgehead atoms. The average Bonchev–Trinajstić information content (AvgIpc) is 2.71. The number of aliphatic hydroxyl groups excluding tert-OH is 1. The van der Waals surface area contributed by atoms with E-state index in [1.807, 2.05) is 13.8 Å². The average molecular weight is 271 g/mol. The summed E-state index contributed by atoms with van der Waals surface area (Å²) in [5.74, 6) is -1.12. The lowest BCUT2D eigenvalue weighted by Gasteiger charge is -2.29. The highest BCUT2D eigenvalue weighted by atomic mass is 19.1. The molecular weight excluding hydrogens is 253 g/mol. The summed E-state index contributed by atoms with van der Waals surface area (Å²) in [4.78, 5) is 15.1. The van der Waals surface area contributed by atoms with Gasteiger partial charge in [0, 0.05) is 0 Å². The highest BCUT2D eigenvalue weighted by Crippen LogP contribution is 2.42. The Morgan fingerprint density at radius 3 is 2.95 bits per heavy atom. The Kier molecular flexibility index (Phi) is 3.60. The highest BCUT2D eigenvalue weighted by molar-refractivity contribution is 5.26. The van der Waals surface area contributed by atoms with E-state index in [0.717, 1.165) is 10.8 Å². The number of aliphatic hydroxyl groups is 1. The van der Waals surface area contributed by atoms with Gasteiger partial charge in [-0.3, -0.25) is 4.57 Å². The molecule has 106 valence electrons. The molecule has 0 aromatic carbocycles. The molecule has 0 unspecified atom stereocenters. The Morgan fingerprint density at radius 2 is 2.42 bits per heavy atom. The van der Waals surface area contributed by atoms with Crippen molar-refractivity contribution in [2.24, 2.45) is 5.92 Å². The Labute approximate surface area is 110 Å². The molecule has 7 heteroatoms. The van der Waals surface area contributed by atoms with Crippen molar-refractivity contribution >= 4 is 5.82 Å². The van der Waals surface area contributed by atoms with Gasteiger partial charge < -0.3 is 15.6 Å². The van der Waals surface area contributed by atoms with Gasteiger partial charge in [0.05, 0.1) is 18.4 Å². The second-order valence-corrected chi connectivity index (χ2v) is 4.95. The van der Waals surface area contributed by atoms with Crippen LogP contribution >= 0.6 is 0 Å². The fourth-order valence-corrected chi connectivity index (χ4v) is 2.52. The van der Waals surface area contributed by atoms with Crippen LogP contribution in [-0.4, -0.2) is 26.9 Å². The van der Waals surface area contributed by atoms with Crippen LogP contribution in [0.1, 0.15) is 32.9 Å². The normalized spacial score (nSPS) is 30.7. The number of nitrogens with zero attached hydrogens (tertiary/aromatic N) is 2. The van der Waals surface area contributed by atoms with E-state index in [1.54, 1.807) is 0 Å². The molecule has 2 rings (SSSR count). The second-order valence-electron chi connectivity index (χ2n) is 4.95. The lowest BCUT2D eigenvalue weighted by atomic mass is 9.87. The van der Waals surface area contributed by atoms with E-state index in [4.69, 9.17) is 10.5 Å². The van der Waals surface area contributed by atoms with Crippen LogP contribution < -0.4 is 11.4 Å². The maximum atomic E-state index is 13.4. The van der Waals surface area contributed by atoms with E-state index in [0.29, 0.717) is 12.8 Å². The van der Waals surface area contributed by atoms with E-state index < -0.39 is 29.2 Å². The lowest BCUT2D eigenvalue weighted by molar-refractivity contribution is -0.113. The van der Waals surface area contributed by atoms with E-state index >= 15 is 0 Å². The predicted molar refractivity (Wildman–Crippen MR) is 66.9 cm³/mol. The Bertz CT molecular complexity index is 527. The Morgan fingerprint density at radius 1 is 1.74 bits per heavy atom. The number of rotatable bonds is 3. The minimum atomic E-state index is -0.756. The summed E-state index contributed by atoms with van der Waals surface area (Å²) in [5.41, 5.74) is 3.90. The minimum Gasteiger partial charge on any atom is -0.393 e. The third kappa shape index (κ3) is 2.23. The van der Waals surface area contributed by atoms with E-state index in [-0.39, 0.29) is 12.5 Å². The van der Waals surface area contributed by atoms with Crippen molar-refractivity contribution < 1.29 is 14.2 Å². The maximum absolute atomic E-state index is 13.4. The van der Waals surface area contributed by atoms with Gasteiger partial charge in [-0.1, -0.05) is 13.8 Å². The quantitative estimate of drug-likeness (QED) is 0.842. The molecule has 1 aliphatic rings. The van der Waals surface area contributed by atoms with Crippen LogP contribution in [0.3, 0.4) is 0 Å². The molecular formula is C12H18FN3O3. The van der Waals surface area contributed by atoms with Crippen molar-refractivity contribution in [2.45, 2.75) is 38.5 Å². The first-order chi connectivity index (χ1) is 8.93. The number of halogens is 1. The van der Waals surface area contributed by atoms with E-state index in [9.17, 15) is 14.3 Å². The SMILES string of the molecule is CC[C@]1(CO)O[C@@H](n2cc(F)c(N)nc2=O)C[C@@H]1C. The fourth-order valence-electron chi connectivity index (χ4n) is 2.52. The zero-order chi connectivity index (χ0) is 14.2. The topological polar surface area (TPSA) is 90.4 Å². The zero-order valence-corrected chi connectivity index (χ0v) is 11.0. The van der Waals surface area contributed by atoms with Crippen LogP contribution in [0.15, 0.2) is 11.0 Å². The molecule has 6 nitrogen and oxygen atoms in total. The zero-order valence-electron chi connectivity index (χ0n) is 11.0. The van der Waals surface area contributed by atoms with Gasteiger partial charge in [-0.2, -0.15) is 4.98 Å². The largest absolute Gasteiger partial charge is 0.393 e. The fraction of sp³-hybridized carbons (Fsp3) is 0.667. The standard InChI is InChI=1S/C12H18FN3O3/c1-3-12(6-17)7(2)4-9(19-12)16-5-8(13)10(14)15-11(16)18/h5,7,9,17H,3-4,6H2,1-2H3,(H2,14,15,18)/t7-,9+,12+/m0/s1. The first-order valence-corrected chi connectivity index (χ1v) is 6.26. The third-order valence-corrected chi connectivity index (χ3v) is 3.93. The van der Waals surface area contributed by atoms with Gasteiger partial charge in [0.1, 0.15) is 6.23 Å². The van der Waals surface area contributed by atoms with Crippen LogP contribution in [0.5, 0.6) is 0 Å². The molecule has 2 heterocycles. The molecule has 1 fully saturated rings. The van der Waals surface area contributed by atoms with Crippen LogP contribution in [0.2, 0.25) is 0 Å². The summed E-state index contributed by atoms with van der Waals surface area (Å²) >= 11 is 0. The molecule has 1 aromatic heterocycles. The number of aromatic nitrogens is 2. The van der Waals surface area contributed by atoms with Gasteiger partial charge in [-0.05, 0) is 18.8 Å². The van der Waals surface area contributed by atoms with Gasteiger partial charge in [0.2, 0.25) is 0 Å². The first-order valence-electron chi connectivity index (χ1n) is 6.26. The number of hydrogen-bond acceptors (Lipinski definition) is 5. The number of nitrogens with two attached hydrogens (primary N) is 1. The Balaban J connectivity index is 2.36. The van der Waals surface area contributed by atoms with Gasteiger partial charge in [0.15, 0.2) is 11.6 Å². The molecule has 3 N–H and O–H groups in total. The molecule has 1 saturated heterocycles. The van der Waals surface area contributed by atoms with Crippen molar-refractivity contribution in [2.75, 3.05) is 12.3 Å². The number of hydrogen-bond donors (Lipinski definition) is 2. The van der Waals surface area contributed by atoms with Crippen LogP contribution in [0.25, 0.3) is 0 Å². The van der Waals surface area contributed by atoms with Crippen molar-refractivity contribution in [3.8, 4) is 0 Å². The molecule has 0 spiro atoms. The molecule has 1 aromatic rings. The van der Waals surface area contributed by atoms with Crippen molar-refractivity contribution in [3.63, 3.8) is 0 Å². The smallest absolute Gasteiger partial charge is 0.351 e. The van der Waals surface area contributed by atoms with Crippen molar-refractivity contribution in [1.29, 1.82) is 0 Å². The third-order valence-electron chi connectivity index (χ3n) is 3.93. The molecule has 0 radical (unpaired) electrons. The number of ether oxygens (including phenoxy) is 1. The van der Waals surface area contributed by atoms with Crippen LogP contribution in [-0.2, 0) is 4.74 Å².